The molecule has 0 saturated heterocycles. The molecule has 2 aromatic rings. The monoisotopic (exact) mass is 280 g/mol. The topological polar surface area (TPSA) is 101 Å². The summed E-state index contributed by atoms with van der Waals surface area (Å²) in [6.45, 7) is 1.89. The van der Waals surface area contributed by atoms with Crippen LogP contribution < -0.4 is 10.5 Å². The van der Waals surface area contributed by atoms with Gasteiger partial charge in [-0.2, -0.15) is 4.72 Å². The Kier molecular flexibility index (Phi) is 3.70. The molecule has 0 aliphatic carbocycles. The lowest BCUT2D eigenvalue weighted by Crippen LogP contribution is -2.48. The molecule has 0 spiro atoms. The van der Waals surface area contributed by atoms with E-state index in [-0.39, 0.29) is 11.6 Å². The Balaban J connectivity index is 2.35. The molecule has 0 amide bonds. The Bertz CT molecular complexity index is 625. The molecule has 0 bridgehead atoms. The number of nitrogens with two attached hydrogens (primary N) is 1. The number of hydrogen-bond donors (Lipinski definition) is 3. The van der Waals surface area contributed by atoms with Crippen LogP contribution in [-0.2, 0) is 15.6 Å². The lowest BCUT2D eigenvalue weighted by Gasteiger charge is -2.29. The molecule has 0 radical (unpaired) electrons. The maximum absolute atomic E-state index is 12.2. The van der Waals surface area contributed by atoms with Gasteiger partial charge in [-0.1, -0.05) is 30.3 Å². The molecule has 1 unspecified atom stereocenters. The Labute approximate surface area is 112 Å². The van der Waals surface area contributed by atoms with Crippen molar-refractivity contribution >= 4 is 10.0 Å². The highest BCUT2D eigenvalue weighted by Gasteiger charge is 2.31. The maximum Gasteiger partial charge on any atom is 0.258 e. The summed E-state index contributed by atoms with van der Waals surface area (Å²) in [6, 6.07) is 9.22. The van der Waals surface area contributed by atoms with Crippen molar-refractivity contribution in [1.29, 1.82) is 0 Å². The van der Waals surface area contributed by atoms with Crippen LogP contribution in [0.25, 0.3) is 0 Å². The van der Waals surface area contributed by atoms with Crippen molar-refractivity contribution in [3.8, 4) is 0 Å². The van der Waals surface area contributed by atoms with Crippen LogP contribution in [0.5, 0.6) is 0 Å². The Morgan fingerprint density at radius 1 is 1.37 bits per heavy atom. The number of nitrogens with one attached hydrogen (secondary N) is 2. The minimum Gasteiger partial charge on any atom is -0.335 e. The number of sulfonamides is 1. The van der Waals surface area contributed by atoms with E-state index in [1.165, 1.54) is 12.5 Å². The van der Waals surface area contributed by atoms with E-state index in [0.717, 1.165) is 5.56 Å². The number of hydrogen-bond acceptors (Lipinski definition) is 4. The molecular formula is C12H16N4O2S. The van der Waals surface area contributed by atoms with Crippen molar-refractivity contribution in [2.24, 2.45) is 5.73 Å². The number of aromatic nitrogens is 2. The van der Waals surface area contributed by atoms with E-state index < -0.39 is 15.6 Å². The normalized spacial score (nSPS) is 15.1. The Hall–Kier alpha value is -1.70. The Morgan fingerprint density at radius 2 is 2.05 bits per heavy atom. The van der Waals surface area contributed by atoms with Gasteiger partial charge in [0.25, 0.3) is 10.0 Å². The third-order valence-electron chi connectivity index (χ3n) is 2.94. The summed E-state index contributed by atoms with van der Waals surface area (Å²) in [5.74, 6) is 0. The molecule has 1 heterocycles. The summed E-state index contributed by atoms with van der Waals surface area (Å²) in [4.78, 5) is 6.28. The molecule has 1 aromatic carbocycles. The highest BCUT2D eigenvalue weighted by Crippen LogP contribution is 2.21. The molecule has 0 fully saturated rings. The minimum atomic E-state index is -3.68. The molecule has 19 heavy (non-hydrogen) atoms. The van der Waals surface area contributed by atoms with E-state index in [1.54, 1.807) is 6.92 Å². The standard InChI is InChI=1S/C12H16N4O2S/c1-12(8-13,10-5-3-2-4-6-10)16-19(17,18)11-7-14-9-15-11/h2-7,9,16H,8,13H2,1H3,(H,14,15). The van der Waals surface area contributed by atoms with Crippen molar-refractivity contribution in [2.45, 2.75) is 17.5 Å². The quantitative estimate of drug-likeness (QED) is 0.745. The molecule has 1 atom stereocenters. The third kappa shape index (κ3) is 2.83. The van der Waals surface area contributed by atoms with E-state index in [4.69, 9.17) is 5.73 Å². The highest BCUT2D eigenvalue weighted by molar-refractivity contribution is 7.89. The number of nitrogens with zero attached hydrogens (tertiary/aromatic N) is 1. The van der Waals surface area contributed by atoms with Crippen molar-refractivity contribution in [3.63, 3.8) is 0 Å². The van der Waals surface area contributed by atoms with Gasteiger partial charge in [-0.05, 0) is 12.5 Å². The average Bonchev–Trinajstić information content (AvgIpc) is 2.94. The smallest absolute Gasteiger partial charge is 0.258 e. The minimum absolute atomic E-state index is 0.0168. The van der Waals surface area contributed by atoms with Crippen molar-refractivity contribution in [2.75, 3.05) is 6.54 Å². The number of rotatable bonds is 5. The second kappa shape index (κ2) is 5.12. The van der Waals surface area contributed by atoms with Gasteiger partial charge in [0.15, 0.2) is 5.03 Å². The van der Waals surface area contributed by atoms with Gasteiger partial charge in [-0.15, -0.1) is 0 Å². The first-order valence-electron chi connectivity index (χ1n) is 5.76. The molecule has 4 N–H and O–H groups in total. The molecular weight excluding hydrogens is 264 g/mol. The van der Waals surface area contributed by atoms with Crippen LogP contribution in [0.3, 0.4) is 0 Å². The molecule has 2 rings (SSSR count). The SMILES string of the molecule is CC(CN)(NS(=O)(=O)c1cnc[nH]1)c1ccccc1. The predicted octanol–water partition coefficient (Wildman–Crippen LogP) is 0.562. The van der Waals surface area contributed by atoms with Crippen LogP contribution in [0.15, 0.2) is 47.9 Å². The number of imidazole rings is 1. The van der Waals surface area contributed by atoms with Crippen LogP contribution in [0.4, 0.5) is 0 Å². The van der Waals surface area contributed by atoms with Crippen molar-refractivity contribution in [3.05, 3.63) is 48.4 Å². The summed E-state index contributed by atoms with van der Waals surface area (Å²) in [5, 5.41) is 0.0168. The van der Waals surface area contributed by atoms with Gasteiger partial charge in [0.05, 0.1) is 18.1 Å². The van der Waals surface area contributed by atoms with Gasteiger partial charge < -0.3 is 10.7 Å². The summed E-state index contributed by atoms with van der Waals surface area (Å²) >= 11 is 0. The predicted molar refractivity (Wildman–Crippen MR) is 71.8 cm³/mol. The number of benzene rings is 1. The van der Waals surface area contributed by atoms with E-state index in [9.17, 15) is 8.42 Å². The van der Waals surface area contributed by atoms with E-state index >= 15 is 0 Å². The van der Waals surface area contributed by atoms with Gasteiger partial charge in [0, 0.05) is 6.54 Å². The average molecular weight is 280 g/mol. The van der Waals surface area contributed by atoms with Gasteiger partial charge in [-0.3, -0.25) is 0 Å². The molecule has 6 nitrogen and oxygen atoms in total. The van der Waals surface area contributed by atoms with E-state index in [0.29, 0.717) is 0 Å². The fourth-order valence-electron chi connectivity index (χ4n) is 1.77. The first-order valence-corrected chi connectivity index (χ1v) is 7.24. The maximum atomic E-state index is 12.2. The number of aromatic amines is 1. The fourth-order valence-corrected chi connectivity index (χ4v) is 3.08. The largest absolute Gasteiger partial charge is 0.335 e. The van der Waals surface area contributed by atoms with Gasteiger partial charge >= 0.3 is 0 Å². The summed E-state index contributed by atoms with van der Waals surface area (Å²) in [7, 11) is -3.68. The fraction of sp³-hybridized carbons (Fsp3) is 0.250. The summed E-state index contributed by atoms with van der Waals surface area (Å²) in [5.41, 5.74) is 5.68. The van der Waals surface area contributed by atoms with Gasteiger partial charge in [0.2, 0.25) is 0 Å². The summed E-state index contributed by atoms with van der Waals surface area (Å²) < 4.78 is 27.0. The van der Waals surface area contributed by atoms with E-state index in [2.05, 4.69) is 14.7 Å². The molecule has 1 aromatic heterocycles. The Morgan fingerprint density at radius 3 is 2.58 bits per heavy atom. The second-order valence-electron chi connectivity index (χ2n) is 4.42. The van der Waals surface area contributed by atoms with Crippen molar-refractivity contribution < 1.29 is 8.42 Å². The second-order valence-corrected chi connectivity index (χ2v) is 6.07. The van der Waals surface area contributed by atoms with Crippen LogP contribution in [0, 0.1) is 0 Å². The molecule has 0 saturated carbocycles. The molecule has 0 aliphatic heterocycles. The zero-order valence-electron chi connectivity index (χ0n) is 10.5. The van der Waals surface area contributed by atoms with E-state index in [1.807, 2.05) is 30.3 Å². The zero-order valence-corrected chi connectivity index (χ0v) is 11.3. The van der Waals surface area contributed by atoms with Crippen LogP contribution in [0.1, 0.15) is 12.5 Å². The molecule has 102 valence electrons. The first kappa shape index (κ1) is 13.7. The zero-order chi connectivity index (χ0) is 13.9. The van der Waals surface area contributed by atoms with Gasteiger partial charge in [-0.25, -0.2) is 13.4 Å². The van der Waals surface area contributed by atoms with Crippen LogP contribution in [0.2, 0.25) is 0 Å². The van der Waals surface area contributed by atoms with Crippen LogP contribution in [-0.4, -0.2) is 24.9 Å². The summed E-state index contributed by atoms with van der Waals surface area (Å²) in [6.07, 6.45) is 2.57. The third-order valence-corrected chi connectivity index (χ3v) is 4.46. The first-order chi connectivity index (χ1) is 8.98. The highest BCUT2D eigenvalue weighted by atomic mass is 32.2. The lowest BCUT2D eigenvalue weighted by molar-refractivity contribution is 0.440. The van der Waals surface area contributed by atoms with Crippen molar-refractivity contribution in [1.82, 2.24) is 14.7 Å². The molecule has 7 heteroatoms. The van der Waals surface area contributed by atoms with Crippen LogP contribution >= 0.6 is 0 Å². The number of H-pyrrole nitrogens is 1. The molecule has 0 aliphatic rings. The van der Waals surface area contributed by atoms with Gasteiger partial charge in [0.1, 0.15) is 0 Å². The lowest BCUT2D eigenvalue weighted by atomic mass is 9.94.